The molecule has 0 spiro atoms. The lowest BCUT2D eigenvalue weighted by Gasteiger charge is -2.29. The van der Waals surface area contributed by atoms with Crippen molar-refractivity contribution >= 4 is 23.2 Å². The molecule has 0 bridgehead atoms. The van der Waals surface area contributed by atoms with Crippen molar-refractivity contribution in [1.29, 1.82) is 0 Å². The molecular formula is C18H19N3O2. The fourth-order valence-corrected chi connectivity index (χ4v) is 2.85. The van der Waals surface area contributed by atoms with Crippen molar-refractivity contribution in [3.63, 3.8) is 0 Å². The molecule has 0 saturated heterocycles. The Hall–Kier alpha value is -2.82. The maximum atomic E-state index is 12.5. The van der Waals surface area contributed by atoms with Crippen molar-refractivity contribution in [2.24, 2.45) is 5.73 Å². The lowest BCUT2D eigenvalue weighted by Crippen LogP contribution is -2.39. The minimum absolute atomic E-state index is 0.0154. The predicted molar refractivity (Wildman–Crippen MR) is 90.6 cm³/mol. The molecule has 1 aliphatic heterocycles. The van der Waals surface area contributed by atoms with Crippen molar-refractivity contribution < 1.29 is 9.59 Å². The molecule has 3 rings (SSSR count). The minimum atomic E-state index is -0.482. The average Bonchev–Trinajstić information content (AvgIpc) is 2.59. The molecule has 2 aromatic rings. The number of nitrogens with zero attached hydrogens (tertiary/aromatic N) is 1. The van der Waals surface area contributed by atoms with Crippen LogP contribution in [0.15, 0.2) is 48.5 Å². The van der Waals surface area contributed by atoms with E-state index in [4.69, 9.17) is 5.73 Å². The predicted octanol–water partition coefficient (Wildman–Crippen LogP) is 2.18. The number of para-hydroxylation sites is 1. The Kier molecular flexibility index (Phi) is 4.28. The van der Waals surface area contributed by atoms with Crippen LogP contribution in [0.1, 0.15) is 22.3 Å². The first-order chi connectivity index (χ1) is 11.1. The number of benzene rings is 2. The summed E-state index contributed by atoms with van der Waals surface area (Å²) in [7, 11) is 0. The van der Waals surface area contributed by atoms with Crippen molar-refractivity contribution in [2.75, 3.05) is 23.3 Å². The number of rotatable bonds is 4. The Morgan fingerprint density at radius 2 is 1.96 bits per heavy atom. The summed E-state index contributed by atoms with van der Waals surface area (Å²) in [6, 6.07) is 14.9. The van der Waals surface area contributed by atoms with Gasteiger partial charge in [-0.2, -0.15) is 0 Å². The topological polar surface area (TPSA) is 75.4 Å². The fourth-order valence-electron chi connectivity index (χ4n) is 2.85. The number of nitrogens with two attached hydrogens (primary N) is 1. The van der Waals surface area contributed by atoms with Gasteiger partial charge in [0.25, 0.3) is 0 Å². The second kappa shape index (κ2) is 6.52. The molecule has 0 saturated carbocycles. The van der Waals surface area contributed by atoms with Gasteiger partial charge in [0.2, 0.25) is 11.8 Å². The molecule has 23 heavy (non-hydrogen) atoms. The van der Waals surface area contributed by atoms with Crippen molar-refractivity contribution in [3.8, 4) is 0 Å². The van der Waals surface area contributed by atoms with E-state index < -0.39 is 5.91 Å². The third-order valence-electron chi connectivity index (χ3n) is 4.00. The van der Waals surface area contributed by atoms with Gasteiger partial charge in [0.1, 0.15) is 0 Å². The highest BCUT2D eigenvalue weighted by molar-refractivity contribution is 5.97. The van der Waals surface area contributed by atoms with E-state index in [1.165, 1.54) is 5.56 Å². The van der Waals surface area contributed by atoms with Crippen molar-refractivity contribution in [2.45, 2.75) is 12.8 Å². The summed E-state index contributed by atoms with van der Waals surface area (Å²) in [6.07, 6.45) is 1.98. The van der Waals surface area contributed by atoms with Gasteiger partial charge < -0.3 is 16.0 Å². The molecule has 0 aliphatic carbocycles. The third kappa shape index (κ3) is 3.34. The quantitative estimate of drug-likeness (QED) is 0.909. The molecule has 0 atom stereocenters. The van der Waals surface area contributed by atoms with Crippen LogP contribution < -0.4 is 16.0 Å². The lowest BCUT2D eigenvalue weighted by molar-refractivity contribution is -0.117. The SMILES string of the molecule is NC(=O)c1cccc(NCC(=O)N2CCCc3ccccc32)c1. The van der Waals surface area contributed by atoms with E-state index in [-0.39, 0.29) is 12.5 Å². The molecule has 0 fully saturated rings. The third-order valence-corrected chi connectivity index (χ3v) is 4.00. The normalized spacial score (nSPS) is 13.3. The minimum Gasteiger partial charge on any atom is -0.376 e. The number of hydrogen-bond acceptors (Lipinski definition) is 3. The molecular weight excluding hydrogens is 290 g/mol. The van der Waals surface area contributed by atoms with Crippen LogP contribution in [0, 0.1) is 0 Å². The van der Waals surface area contributed by atoms with Crippen molar-refractivity contribution in [3.05, 3.63) is 59.7 Å². The smallest absolute Gasteiger partial charge is 0.248 e. The molecule has 3 N–H and O–H groups in total. The van der Waals surface area contributed by atoms with Crippen LogP contribution in [-0.4, -0.2) is 24.9 Å². The summed E-state index contributed by atoms with van der Waals surface area (Å²) in [5.41, 5.74) is 8.60. The van der Waals surface area contributed by atoms with E-state index in [9.17, 15) is 9.59 Å². The Morgan fingerprint density at radius 1 is 1.13 bits per heavy atom. The number of nitrogens with one attached hydrogen (secondary N) is 1. The van der Waals surface area contributed by atoms with Gasteiger partial charge in [-0.25, -0.2) is 0 Å². The van der Waals surface area contributed by atoms with Crippen LogP contribution in [-0.2, 0) is 11.2 Å². The molecule has 5 nitrogen and oxygen atoms in total. The highest BCUT2D eigenvalue weighted by Crippen LogP contribution is 2.26. The maximum absolute atomic E-state index is 12.5. The van der Waals surface area contributed by atoms with Crippen molar-refractivity contribution in [1.82, 2.24) is 0 Å². The number of primary amides is 1. The summed E-state index contributed by atoms with van der Waals surface area (Å²) in [5, 5.41) is 3.07. The summed E-state index contributed by atoms with van der Waals surface area (Å²) in [4.78, 5) is 25.5. The molecule has 0 aromatic heterocycles. The van der Waals surface area contributed by atoms with Crippen LogP contribution >= 0.6 is 0 Å². The van der Waals surface area contributed by atoms with Gasteiger partial charge in [-0.05, 0) is 42.7 Å². The Morgan fingerprint density at radius 3 is 2.78 bits per heavy atom. The standard InChI is InChI=1S/C18H19N3O2/c19-18(23)14-6-3-8-15(11-14)20-12-17(22)21-10-4-7-13-5-1-2-9-16(13)21/h1-3,5-6,8-9,11,20H,4,7,10,12H2,(H2,19,23). The Labute approximate surface area is 135 Å². The molecule has 2 aromatic carbocycles. The van der Waals surface area contributed by atoms with Gasteiger partial charge in [-0.1, -0.05) is 24.3 Å². The molecule has 2 amide bonds. The van der Waals surface area contributed by atoms with E-state index in [2.05, 4.69) is 11.4 Å². The Balaban J connectivity index is 1.69. The summed E-state index contributed by atoms with van der Waals surface area (Å²) < 4.78 is 0. The molecule has 5 heteroatoms. The molecule has 0 radical (unpaired) electrons. The summed E-state index contributed by atoms with van der Waals surface area (Å²) in [5.74, 6) is -0.466. The number of carbonyl (C=O) groups excluding carboxylic acids is 2. The fraction of sp³-hybridized carbons (Fsp3) is 0.222. The van der Waals surface area contributed by atoms with E-state index in [1.807, 2.05) is 29.2 Å². The first-order valence-electron chi connectivity index (χ1n) is 7.67. The number of carbonyl (C=O) groups is 2. The summed E-state index contributed by atoms with van der Waals surface area (Å²) in [6.45, 7) is 0.912. The van der Waals surface area contributed by atoms with E-state index >= 15 is 0 Å². The van der Waals surface area contributed by atoms with Crippen LogP contribution in [0.2, 0.25) is 0 Å². The van der Waals surface area contributed by atoms with E-state index in [0.717, 1.165) is 25.1 Å². The zero-order valence-electron chi connectivity index (χ0n) is 12.8. The van der Waals surface area contributed by atoms with Gasteiger partial charge in [0.05, 0.1) is 6.54 Å². The van der Waals surface area contributed by atoms with Crippen LogP contribution in [0.25, 0.3) is 0 Å². The molecule has 1 aliphatic rings. The first-order valence-corrected chi connectivity index (χ1v) is 7.67. The van der Waals surface area contributed by atoms with Gasteiger partial charge in [0.15, 0.2) is 0 Å². The number of aryl methyl sites for hydroxylation is 1. The number of fused-ring (bicyclic) bond motifs is 1. The van der Waals surface area contributed by atoms with Gasteiger partial charge in [-0.3, -0.25) is 9.59 Å². The molecule has 0 unspecified atom stereocenters. The maximum Gasteiger partial charge on any atom is 0.248 e. The van der Waals surface area contributed by atoms with Crippen LogP contribution in [0.3, 0.4) is 0 Å². The largest absolute Gasteiger partial charge is 0.376 e. The molecule has 118 valence electrons. The number of anilines is 2. The number of hydrogen-bond donors (Lipinski definition) is 2. The Bertz CT molecular complexity index is 743. The van der Waals surface area contributed by atoms with Gasteiger partial charge in [0, 0.05) is 23.5 Å². The zero-order chi connectivity index (χ0) is 16.2. The zero-order valence-corrected chi connectivity index (χ0v) is 12.8. The van der Waals surface area contributed by atoms with Gasteiger partial charge in [-0.15, -0.1) is 0 Å². The van der Waals surface area contributed by atoms with E-state index in [0.29, 0.717) is 11.3 Å². The molecule has 1 heterocycles. The second-order valence-electron chi connectivity index (χ2n) is 5.58. The van der Waals surface area contributed by atoms with Crippen LogP contribution in [0.5, 0.6) is 0 Å². The van der Waals surface area contributed by atoms with Gasteiger partial charge >= 0.3 is 0 Å². The average molecular weight is 309 g/mol. The highest BCUT2D eigenvalue weighted by Gasteiger charge is 2.21. The highest BCUT2D eigenvalue weighted by atomic mass is 16.2. The van der Waals surface area contributed by atoms with Crippen LogP contribution in [0.4, 0.5) is 11.4 Å². The van der Waals surface area contributed by atoms with E-state index in [1.54, 1.807) is 18.2 Å². The lowest BCUT2D eigenvalue weighted by atomic mass is 10.0. The number of amides is 2. The monoisotopic (exact) mass is 309 g/mol. The summed E-state index contributed by atoms with van der Waals surface area (Å²) >= 11 is 0. The first kappa shape index (κ1) is 15.1. The second-order valence-corrected chi connectivity index (χ2v) is 5.58.